The molecule has 0 spiro atoms. The average molecular weight is 350 g/mol. The van der Waals surface area contributed by atoms with E-state index in [-0.39, 0.29) is 5.56 Å². The standard InChI is InChI=1S/C19H22N6O/c1-14-18(22-17-6-4-3-5-16(17)21-14)13-24-7-9-25(10-8-24)15-11-19(26)23(2)20-12-15/h3-6,11-12H,7-10,13H2,1-2H3. The molecule has 1 aromatic carbocycles. The molecule has 0 radical (unpaired) electrons. The van der Waals surface area contributed by atoms with Crippen molar-refractivity contribution in [3.63, 3.8) is 0 Å². The predicted octanol–water partition coefficient (Wildman–Crippen LogP) is 1.35. The quantitative estimate of drug-likeness (QED) is 0.710. The van der Waals surface area contributed by atoms with E-state index in [1.807, 2.05) is 31.2 Å². The van der Waals surface area contributed by atoms with Crippen LogP contribution in [0, 0.1) is 6.92 Å². The Morgan fingerprint density at radius 2 is 1.73 bits per heavy atom. The zero-order valence-electron chi connectivity index (χ0n) is 15.1. The van der Waals surface area contributed by atoms with Crippen molar-refractivity contribution in [2.24, 2.45) is 7.05 Å². The van der Waals surface area contributed by atoms with Crippen molar-refractivity contribution in [3.05, 3.63) is 58.3 Å². The van der Waals surface area contributed by atoms with Crippen molar-refractivity contribution in [1.82, 2.24) is 24.6 Å². The summed E-state index contributed by atoms with van der Waals surface area (Å²) in [5, 5.41) is 4.11. The molecule has 7 heteroatoms. The Morgan fingerprint density at radius 1 is 1.04 bits per heavy atom. The number of aromatic nitrogens is 4. The van der Waals surface area contributed by atoms with Gasteiger partial charge in [0.05, 0.1) is 34.3 Å². The van der Waals surface area contributed by atoms with E-state index >= 15 is 0 Å². The summed E-state index contributed by atoms with van der Waals surface area (Å²) in [7, 11) is 1.66. The predicted molar refractivity (Wildman–Crippen MR) is 101 cm³/mol. The number of para-hydroxylation sites is 2. The number of fused-ring (bicyclic) bond motifs is 1. The Labute approximate surface area is 151 Å². The van der Waals surface area contributed by atoms with Gasteiger partial charge in [0.25, 0.3) is 5.56 Å². The molecule has 134 valence electrons. The molecule has 1 saturated heterocycles. The molecule has 1 fully saturated rings. The molecule has 0 atom stereocenters. The number of anilines is 1. The Bertz CT molecular complexity index is 991. The zero-order chi connectivity index (χ0) is 18.1. The number of rotatable bonds is 3. The molecule has 2 aromatic heterocycles. The molecular formula is C19H22N6O. The molecule has 26 heavy (non-hydrogen) atoms. The summed E-state index contributed by atoms with van der Waals surface area (Å²) in [5.74, 6) is 0. The molecule has 0 aliphatic carbocycles. The average Bonchev–Trinajstić information content (AvgIpc) is 2.65. The van der Waals surface area contributed by atoms with Gasteiger partial charge in [-0.3, -0.25) is 9.69 Å². The first-order chi connectivity index (χ1) is 12.6. The SMILES string of the molecule is Cc1nc2ccccc2nc1CN1CCN(c2cnn(C)c(=O)c2)CC1. The van der Waals surface area contributed by atoms with E-state index in [1.165, 1.54) is 4.68 Å². The van der Waals surface area contributed by atoms with Crippen molar-refractivity contribution < 1.29 is 0 Å². The molecule has 3 aromatic rings. The first-order valence-corrected chi connectivity index (χ1v) is 8.83. The Balaban J connectivity index is 1.44. The highest BCUT2D eigenvalue weighted by Crippen LogP contribution is 2.17. The topological polar surface area (TPSA) is 67.2 Å². The Morgan fingerprint density at radius 3 is 2.42 bits per heavy atom. The van der Waals surface area contributed by atoms with Gasteiger partial charge in [0.15, 0.2) is 0 Å². The number of benzene rings is 1. The van der Waals surface area contributed by atoms with Crippen LogP contribution in [-0.4, -0.2) is 50.8 Å². The largest absolute Gasteiger partial charge is 0.368 e. The van der Waals surface area contributed by atoms with Crippen LogP contribution in [0.4, 0.5) is 5.69 Å². The smallest absolute Gasteiger partial charge is 0.268 e. The van der Waals surface area contributed by atoms with Gasteiger partial charge in [0, 0.05) is 45.8 Å². The first-order valence-electron chi connectivity index (χ1n) is 8.83. The van der Waals surface area contributed by atoms with Gasteiger partial charge >= 0.3 is 0 Å². The summed E-state index contributed by atoms with van der Waals surface area (Å²) < 4.78 is 1.35. The number of piperazine rings is 1. The highest BCUT2D eigenvalue weighted by Gasteiger charge is 2.19. The fourth-order valence-electron chi connectivity index (χ4n) is 3.28. The van der Waals surface area contributed by atoms with Gasteiger partial charge in [-0.2, -0.15) is 5.10 Å². The highest BCUT2D eigenvalue weighted by molar-refractivity contribution is 5.74. The van der Waals surface area contributed by atoms with Crippen LogP contribution in [0.2, 0.25) is 0 Å². The maximum absolute atomic E-state index is 11.8. The molecular weight excluding hydrogens is 328 g/mol. The van der Waals surface area contributed by atoms with E-state index < -0.39 is 0 Å². The number of nitrogens with zero attached hydrogens (tertiary/aromatic N) is 6. The molecule has 0 bridgehead atoms. The van der Waals surface area contributed by atoms with Gasteiger partial charge in [-0.25, -0.2) is 14.6 Å². The van der Waals surface area contributed by atoms with Gasteiger partial charge in [-0.15, -0.1) is 0 Å². The van der Waals surface area contributed by atoms with Gasteiger partial charge in [0.1, 0.15) is 0 Å². The van der Waals surface area contributed by atoms with Gasteiger partial charge in [0.2, 0.25) is 0 Å². The van der Waals surface area contributed by atoms with Crippen molar-refractivity contribution in [2.45, 2.75) is 13.5 Å². The monoisotopic (exact) mass is 350 g/mol. The zero-order valence-corrected chi connectivity index (χ0v) is 15.1. The summed E-state index contributed by atoms with van der Waals surface area (Å²) in [6, 6.07) is 9.64. The van der Waals surface area contributed by atoms with Gasteiger partial charge in [-0.1, -0.05) is 12.1 Å². The van der Waals surface area contributed by atoms with E-state index in [1.54, 1.807) is 19.3 Å². The lowest BCUT2D eigenvalue weighted by molar-refractivity contribution is 0.246. The lowest BCUT2D eigenvalue weighted by atomic mass is 10.2. The molecule has 7 nitrogen and oxygen atoms in total. The van der Waals surface area contributed by atoms with Crippen molar-refractivity contribution in [1.29, 1.82) is 0 Å². The first kappa shape index (κ1) is 16.7. The molecule has 0 unspecified atom stereocenters. The summed E-state index contributed by atoms with van der Waals surface area (Å²) in [5.41, 5.74) is 4.73. The van der Waals surface area contributed by atoms with Crippen LogP contribution in [0.5, 0.6) is 0 Å². The summed E-state index contributed by atoms with van der Waals surface area (Å²) in [6.07, 6.45) is 1.76. The van der Waals surface area contributed by atoms with Crippen LogP contribution >= 0.6 is 0 Å². The molecule has 0 N–H and O–H groups in total. The minimum absolute atomic E-state index is 0.0769. The second kappa shape index (κ2) is 6.84. The second-order valence-electron chi connectivity index (χ2n) is 6.68. The van der Waals surface area contributed by atoms with Crippen molar-refractivity contribution in [2.75, 3.05) is 31.1 Å². The fourth-order valence-corrected chi connectivity index (χ4v) is 3.28. The van der Waals surface area contributed by atoms with Crippen molar-refractivity contribution in [3.8, 4) is 0 Å². The molecule has 1 aliphatic rings. The molecule has 0 amide bonds. The van der Waals surface area contributed by atoms with E-state index in [0.29, 0.717) is 0 Å². The molecule has 4 rings (SSSR count). The molecule has 0 saturated carbocycles. The maximum Gasteiger partial charge on any atom is 0.268 e. The van der Waals surface area contributed by atoms with Gasteiger partial charge in [-0.05, 0) is 19.1 Å². The van der Waals surface area contributed by atoms with Crippen LogP contribution in [0.15, 0.2) is 41.3 Å². The van der Waals surface area contributed by atoms with E-state index in [2.05, 4.69) is 19.9 Å². The van der Waals surface area contributed by atoms with E-state index in [9.17, 15) is 4.79 Å². The lowest BCUT2D eigenvalue weighted by Gasteiger charge is -2.35. The van der Waals surface area contributed by atoms with Gasteiger partial charge < -0.3 is 4.90 Å². The summed E-state index contributed by atoms with van der Waals surface area (Å²) in [6.45, 7) is 6.40. The van der Waals surface area contributed by atoms with Crippen LogP contribution in [-0.2, 0) is 13.6 Å². The number of hydrogen-bond acceptors (Lipinski definition) is 6. The van der Waals surface area contributed by atoms with Crippen LogP contribution in [0.3, 0.4) is 0 Å². The van der Waals surface area contributed by atoms with E-state index in [4.69, 9.17) is 4.98 Å². The summed E-state index contributed by atoms with van der Waals surface area (Å²) >= 11 is 0. The summed E-state index contributed by atoms with van der Waals surface area (Å²) in [4.78, 5) is 25.9. The second-order valence-corrected chi connectivity index (χ2v) is 6.68. The highest BCUT2D eigenvalue weighted by atomic mass is 16.1. The minimum Gasteiger partial charge on any atom is -0.368 e. The Kier molecular flexibility index (Phi) is 4.38. The third-order valence-corrected chi connectivity index (χ3v) is 4.91. The fraction of sp³-hybridized carbons (Fsp3) is 0.368. The van der Waals surface area contributed by atoms with Crippen LogP contribution in [0.1, 0.15) is 11.4 Å². The third-order valence-electron chi connectivity index (χ3n) is 4.91. The van der Waals surface area contributed by atoms with Crippen LogP contribution < -0.4 is 10.5 Å². The third kappa shape index (κ3) is 3.30. The number of aryl methyl sites for hydroxylation is 2. The van der Waals surface area contributed by atoms with Crippen LogP contribution in [0.25, 0.3) is 11.0 Å². The Hall–Kier alpha value is -2.80. The normalized spacial score (nSPS) is 15.5. The van der Waals surface area contributed by atoms with E-state index in [0.717, 1.165) is 60.8 Å². The molecule has 3 heterocycles. The van der Waals surface area contributed by atoms with Crippen molar-refractivity contribution >= 4 is 16.7 Å². The lowest BCUT2D eigenvalue weighted by Crippen LogP contribution is -2.46. The maximum atomic E-state index is 11.8. The number of hydrogen-bond donors (Lipinski definition) is 0. The minimum atomic E-state index is -0.0769. The molecule has 1 aliphatic heterocycles.